The Morgan fingerprint density at radius 2 is 1.88 bits per heavy atom. The van der Waals surface area contributed by atoms with Crippen molar-refractivity contribution in [3.8, 4) is 0 Å². The first-order valence-electron chi connectivity index (χ1n) is 8.14. The third-order valence-electron chi connectivity index (χ3n) is 4.03. The number of benzene rings is 1. The molecule has 2 atom stereocenters. The van der Waals surface area contributed by atoms with Crippen molar-refractivity contribution in [3.63, 3.8) is 0 Å². The standard InChI is InChI=1S/C17H24FN3O3/c1-24-8-2-7-20-16(22)12-9-13(11-19-10-12)17(23)21-15-5-3-14(18)4-6-15/h3-6,12-13,19H,2,7-11H2,1H3,(H,20,22)(H,21,23)/t12-,13+/m0/s1. The van der Waals surface area contributed by atoms with E-state index in [9.17, 15) is 14.0 Å². The van der Waals surface area contributed by atoms with Gasteiger partial charge in [0.25, 0.3) is 0 Å². The Hall–Kier alpha value is -1.99. The summed E-state index contributed by atoms with van der Waals surface area (Å²) in [7, 11) is 1.62. The first-order chi connectivity index (χ1) is 11.6. The lowest BCUT2D eigenvalue weighted by atomic mass is 9.89. The Kier molecular flexibility index (Phi) is 7.14. The van der Waals surface area contributed by atoms with E-state index in [4.69, 9.17) is 4.74 Å². The SMILES string of the molecule is COCCCNC(=O)[C@@H]1CNC[C@H](C(=O)Nc2ccc(F)cc2)C1. The highest BCUT2D eigenvalue weighted by Crippen LogP contribution is 2.19. The molecule has 1 heterocycles. The van der Waals surface area contributed by atoms with Gasteiger partial charge in [0.2, 0.25) is 11.8 Å². The number of hydrogen-bond acceptors (Lipinski definition) is 4. The summed E-state index contributed by atoms with van der Waals surface area (Å²) in [4.78, 5) is 24.5. The minimum Gasteiger partial charge on any atom is -0.385 e. The number of rotatable bonds is 7. The van der Waals surface area contributed by atoms with Crippen LogP contribution in [0.1, 0.15) is 12.8 Å². The van der Waals surface area contributed by atoms with Gasteiger partial charge in [0, 0.05) is 39.0 Å². The third kappa shape index (κ3) is 5.58. The molecule has 24 heavy (non-hydrogen) atoms. The van der Waals surface area contributed by atoms with Crippen molar-refractivity contribution >= 4 is 17.5 Å². The summed E-state index contributed by atoms with van der Waals surface area (Å²) in [6.07, 6.45) is 1.26. The van der Waals surface area contributed by atoms with E-state index in [2.05, 4.69) is 16.0 Å². The lowest BCUT2D eigenvalue weighted by Crippen LogP contribution is -2.47. The summed E-state index contributed by atoms with van der Waals surface area (Å²) >= 11 is 0. The molecule has 2 amide bonds. The molecule has 1 saturated heterocycles. The maximum absolute atomic E-state index is 12.9. The molecule has 0 unspecified atom stereocenters. The van der Waals surface area contributed by atoms with Crippen LogP contribution in [0, 0.1) is 17.7 Å². The molecule has 0 bridgehead atoms. The maximum atomic E-state index is 12.9. The van der Waals surface area contributed by atoms with Gasteiger partial charge in [-0.15, -0.1) is 0 Å². The van der Waals surface area contributed by atoms with Crippen LogP contribution in [0.4, 0.5) is 10.1 Å². The van der Waals surface area contributed by atoms with Crippen LogP contribution in [0.2, 0.25) is 0 Å². The van der Waals surface area contributed by atoms with E-state index in [0.29, 0.717) is 38.3 Å². The molecule has 0 saturated carbocycles. The van der Waals surface area contributed by atoms with Crippen molar-refractivity contribution in [3.05, 3.63) is 30.1 Å². The first-order valence-corrected chi connectivity index (χ1v) is 8.14. The van der Waals surface area contributed by atoms with Gasteiger partial charge in [-0.3, -0.25) is 9.59 Å². The van der Waals surface area contributed by atoms with E-state index in [1.54, 1.807) is 7.11 Å². The van der Waals surface area contributed by atoms with E-state index >= 15 is 0 Å². The number of piperidine rings is 1. The van der Waals surface area contributed by atoms with Crippen molar-refractivity contribution in [2.24, 2.45) is 11.8 Å². The molecule has 1 fully saturated rings. The molecule has 6 nitrogen and oxygen atoms in total. The Bertz CT molecular complexity index is 551. The quantitative estimate of drug-likeness (QED) is 0.652. The molecule has 3 N–H and O–H groups in total. The number of ether oxygens (including phenoxy) is 1. The smallest absolute Gasteiger partial charge is 0.228 e. The summed E-state index contributed by atoms with van der Waals surface area (Å²) in [6, 6.07) is 5.63. The number of nitrogens with one attached hydrogen (secondary N) is 3. The fourth-order valence-corrected chi connectivity index (χ4v) is 2.69. The molecule has 132 valence electrons. The topological polar surface area (TPSA) is 79.5 Å². The van der Waals surface area contributed by atoms with Gasteiger partial charge in [-0.25, -0.2) is 4.39 Å². The van der Waals surface area contributed by atoms with Crippen LogP contribution in [-0.2, 0) is 14.3 Å². The predicted molar refractivity (Wildman–Crippen MR) is 89.0 cm³/mol. The van der Waals surface area contributed by atoms with Crippen molar-refractivity contribution in [2.75, 3.05) is 38.7 Å². The van der Waals surface area contributed by atoms with Gasteiger partial charge in [0.15, 0.2) is 0 Å². The Morgan fingerprint density at radius 3 is 2.54 bits per heavy atom. The molecule has 1 aliphatic rings. The molecular formula is C17H24FN3O3. The van der Waals surface area contributed by atoms with Crippen LogP contribution >= 0.6 is 0 Å². The summed E-state index contributed by atoms with van der Waals surface area (Å²) < 4.78 is 17.8. The average molecular weight is 337 g/mol. The maximum Gasteiger partial charge on any atom is 0.228 e. The minimum atomic E-state index is -0.349. The van der Waals surface area contributed by atoms with Gasteiger partial charge in [-0.05, 0) is 37.1 Å². The van der Waals surface area contributed by atoms with Crippen molar-refractivity contribution < 1.29 is 18.7 Å². The number of methoxy groups -OCH3 is 1. The van der Waals surface area contributed by atoms with E-state index in [1.165, 1.54) is 24.3 Å². The molecule has 0 aromatic heterocycles. The van der Waals surface area contributed by atoms with Gasteiger partial charge < -0.3 is 20.7 Å². The van der Waals surface area contributed by atoms with Gasteiger partial charge in [-0.1, -0.05) is 0 Å². The minimum absolute atomic E-state index is 0.0436. The second kappa shape index (κ2) is 9.34. The van der Waals surface area contributed by atoms with E-state index < -0.39 is 0 Å². The number of carbonyl (C=O) groups is 2. The van der Waals surface area contributed by atoms with Crippen LogP contribution in [0.15, 0.2) is 24.3 Å². The average Bonchev–Trinajstić information content (AvgIpc) is 2.60. The molecule has 1 aromatic carbocycles. The Morgan fingerprint density at radius 1 is 1.21 bits per heavy atom. The molecule has 0 radical (unpaired) electrons. The second-order valence-corrected chi connectivity index (χ2v) is 5.92. The number of anilines is 1. The summed E-state index contributed by atoms with van der Waals surface area (Å²) in [5.74, 6) is -1.08. The Balaban J connectivity index is 1.82. The molecule has 0 aliphatic carbocycles. The molecule has 7 heteroatoms. The number of hydrogen-bond donors (Lipinski definition) is 3. The molecule has 1 aliphatic heterocycles. The highest BCUT2D eigenvalue weighted by atomic mass is 19.1. The van der Waals surface area contributed by atoms with Gasteiger partial charge in [-0.2, -0.15) is 0 Å². The van der Waals surface area contributed by atoms with E-state index in [0.717, 1.165) is 6.42 Å². The van der Waals surface area contributed by atoms with Crippen LogP contribution in [0.25, 0.3) is 0 Å². The number of carbonyl (C=O) groups excluding carboxylic acids is 2. The molecule has 1 aromatic rings. The van der Waals surface area contributed by atoms with Crippen LogP contribution in [0.5, 0.6) is 0 Å². The van der Waals surface area contributed by atoms with E-state index in [1.807, 2.05) is 0 Å². The fraction of sp³-hybridized carbons (Fsp3) is 0.529. The van der Waals surface area contributed by atoms with E-state index in [-0.39, 0.29) is 29.5 Å². The van der Waals surface area contributed by atoms with Crippen molar-refractivity contribution in [1.29, 1.82) is 0 Å². The zero-order chi connectivity index (χ0) is 17.4. The largest absolute Gasteiger partial charge is 0.385 e. The summed E-state index contributed by atoms with van der Waals surface area (Å²) in [5, 5.41) is 8.77. The molecule has 2 rings (SSSR count). The van der Waals surface area contributed by atoms with Gasteiger partial charge in [0.1, 0.15) is 5.82 Å². The van der Waals surface area contributed by atoms with Gasteiger partial charge in [0.05, 0.1) is 11.8 Å². The molecule has 0 spiro atoms. The monoisotopic (exact) mass is 337 g/mol. The lowest BCUT2D eigenvalue weighted by Gasteiger charge is -2.28. The first kappa shape index (κ1) is 18.4. The summed E-state index contributed by atoms with van der Waals surface area (Å²) in [5.41, 5.74) is 0.549. The highest BCUT2D eigenvalue weighted by molar-refractivity contribution is 5.93. The van der Waals surface area contributed by atoms with Crippen LogP contribution in [0.3, 0.4) is 0 Å². The predicted octanol–water partition coefficient (Wildman–Crippen LogP) is 1.14. The zero-order valence-electron chi connectivity index (χ0n) is 13.8. The van der Waals surface area contributed by atoms with Crippen LogP contribution < -0.4 is 16.0 Å². The highest BCUT2D eigenvalue weighted by Gasteiger charge is 2.30. The third-order valence-corrected chi connectivity index (χ3v) is 4.03. The second-order valence-electron chi connectivity index (χ2n) is 5.92. The van der Waals surface area contributed by atoms with Gasteiger partial charge >= 0.3 is 0 Å². The fourth-order valence-electron chi connectivity index (χ4n) is 2.69. The number of halogens is 1. The Labute approximate surface area is 141 Å². The lowest BCUT2D eigenvalue weighted by molar-refractivity contribution is -0.127. The van der Waals surface area contributed by atoms with Crippen molar-refractivity contribution in [1.82, 2.24) is 10.6 Å². The van der Waals surface area contributed by atoms with Crippen molar-refractivity contribution in [2.45, 2.75) is 12.8 Å². The summed E-state index contributed by atoms with van der Waals surface area (Å²) in [6.45, 7) is 2.26. The zero-order valence-corrected chi connectivity index (χ0v) is 13.8. The van der Waals surface area contributed by atoms with Crippen LogP contribution in [-0.4, -0.2) is 45.2 Å². The normalized spacial score (nSPS) is 20.4. The number of amides is 2. The molecular weight excluding hydrogens is 313 g/mol.